The lowest BCUT2D eigenvalue weighted by Crippen LogP contribution is -2.30. The number of benzene rings is 2. The van der Waals surface area contributed by atoms with Crippen LogP contribution in [0, 0.1) is 0 Å². The van der Waals surface area contributed by atoms with Crippen LogP contribution in [0.5, 0.6) is 11.5 Å². The summed E-state index contributed by atoms with van der Waals surface area (Å²) in [5.41, 5.74) is 2.04. The fraction of sp³-hybridized carbons (Fsp3) is 0.316. The molecular formula is C19H24N2O2S. The summed E-state index contributed by atoms with van der Waals surface area (Å²) in [6, 6.07) is 15.8. The Morgan fingerprint density at radius 1 is 0.917 bits per heavy atom. The van der Waals surface area contributed by atoms with Crippen LogP contribution in [-0.2, 0) is 6.42 Å². The van der Waals surface area contributed by atoms with Gasteiger partial charge in [0.15, 0.2) is 5.11 Å². The maximum absolute atomic E-state index is 5.64. The third kappa shape index (κ3) is 5.42. The normalized spacial score (nSPS) is 10.1. The molecule has 2 aromatic rings. The molecule has 2 aromatic carbocycles. The van der Waals surface area contributed by atoms with Gasteiger partial charge >= 0.3 is 0 Å². The average Bonchev–Trinajstić information content (AvgIpc) is 2.59. The fourth-order valence-electron chi connectivity index (χ4n) is 2.34. The molecule has 0 aromatic heterocycles. The van der Waals surface area contributed by atoms with Gasteiger partial charge in [-0.2, -0.15) is 0 Å². The first-order valence-corrected chi connectivity index (χ1v) is 8.62. The Morgan fingerprint density at radius 2 is 1.54 bits per heavy atom. The molecule has 2 rings (SSSR count). The van der Waals surface area contributed by atoms with E-state index in [1.807, 2.05) is 56.3 Å². The molecule has 4 nitrogen and oxygen atoms in total. The standard InChI is InChI=1S/C19H24N2O2S/c1-3-22-17-11-7-5-9-15(17)13-14-20-19(24)21-16-10-6-8-12-18(16)23-4-2/h5-12H,3-4,13-14H2,1-2H3,(H2,20,21,24). The molecule has 0 aliphatic carbocycles. The van der Waals surface area contributed by atoms with Gasteiger partial charge in [0.25, 0.3) is 0 Å². The van der Waals surface area contributed by atoms with E-state index in [1.54, 1.807) is 0 Å². The number of para-hydroxylation sites is 3. The zero-order valence-corrected chi connectivity index (χ0v) is 15.0. The van der Waals surface area contributed by atoms with Crippen molar-refractivity contribution in [2.45, 2.75) is 20.3 Å². The molecule has 24 heavy (non-hydrogen) atoms. The number of anilines is 1. The molecule has 0 bridgehead atoms. The van der Waals surface area contributed by atoms with Gasteiger partial charge in [-0.05, 0) is 56.2 Å². The summed E-state index contributed by atoms with van der Waals surface area (Å²) in [5, 5.41) is 6.99. The van der Waals surface area contributed by atoms with Crippen molar-refractivity contribution in [3.63, 3.8) is 0 Å². The van der Waals surface area contributed by atoms with Gasteiger partial charge in [0.2, 0.25) is 0 Å². The fourth-order valence-corrected chi connectivity index (χ4v) is 2.55. The van der Waals surface area contributed by atoms with Crippen molar-refractivity contribution >= 4 is 23.0 Å². The number of hydrogen-bond acceptors (Lipinski definition) is 3. The molecule has 0 amide bonds. The lowest BCUT2D eigenvalue weighted by atomic mass is 10.1. The second-order valence-corrected chi connectivity index (χ2v) is 5.51. The zero-order valence-electron chi connectivity index (χ0n) is 14.2. The van der Waals surface area contributed by atoms with Crippen molar-refractivity contribution in [2.24, 2.45) is 0 Å². The monoisotopic (exact) mass is 344 g/mol. The number of hydrogen-bond donors (Lipinski definition) is 2. The molecule has 0 spiro atoms. The summed E-state index contributed by atoms with van der Waals surface area (Å²) in [6.45, 7) is 5.96. The first-order chi connectivity index (χ1) is 11.7. The molecule has 0 unspecified atom stereocenters. The molecule has 0 saturated carbocycles. The van der Waals surface area contributed by atoms with Crippen molar-refractivity contribution in [3.05, 3.63) is 54.1 Å². The van der Waals surface area contributed by atoms with Crippen LogP contribution in [-0.4, -0.2) is 24.9 Å². The van der Waals surface area contributed by atoms with Crippen molar-refractivity contribution in [1.29, 1.82) is 0 Å². The van der Waals surface area contributed by atoms with Crippen LogP contribution in [0.4, 0.5) is 5.69 Å². The lowest BCUT2D eigenvalue weighted by Gasteiger charge is -2.15. The number of rotatable bonds is 8. The van der Waals surface area contributed by atoms with Crippen LogP contribution < -0.4 is 20.1 Å². The van der Waals surface area contributed by atoms with Crippen molar-refractivity contribution in [1.82, 2.24) is 5.32 Å². The third-order valence-corrected chi connectivity index (χ3v) is 3.63. The van der Waals surface area contributed by atoms with E-state index in [-0.39, 0.29) is 0 Å². The van der Waals surface area contributed by atoms with Gasteiger partial charge < -0.3 is 20.1 Å². The van der Waals surface area contributed by atoms with Gasteiger partial charge in [-0.25, -0.2) is 0 Å². The highest BCUT2D eigenvalue weighted by atomic mass is 32.1. The lowest BCUT2D eigenvalue weighted by molar-refractivity contribution is 0.336. The Bertz CT molecular complexity index is 661. The second kappa shape index (κ2) is 9.78. The minimum absolute atomic E-state index is 0.580. The largest absolute Gasteiger partial charge is 0.494 e. The van der Waals surface area contributed by atoms with E-state index in [2.05, 4.69) is 16.7 Å². The SMILES string of the molecule is CCOc1ccccc1CCNC(=S)Nc1ccccc1OCC. The summed E-state index contributed by atoms with van der Waals surface area (Å²) in [6.07, 6.45) is 0.838. The van der Waals surface area contributed by atoms with Crippen molar-refractivity contribution in [3.8, 4) is 11.5 Å². The van der Waals surface area contributed by atoms with Crippen LogP contribution in [0.1, 0.15) is 19.4 Å². The Balaban J connectivity index is 1.86. The highest BCUT2D eigenvalue weighted by Crippen LogP contribution is 2.23. The van der Waals surface area contributed by atoms with Crippen LogP contribution in [0.25, 0.3) is 0 Å². The Labute approximate surface area is 149 Å². The number of ether oxygens (including phenoxy) is 2. The summed E-state index contributed by atoms with van der Waals surface area (Å²) >= 11 is 5.37. The van der Waals surface area contributed by atoms with Crippen molar-refractivity contribution < 1.29 is 9.47 Å². The Hall–Kier alpha value is -2.27. The van der Waals surface area contributed by atoms with Crippen LogP contribution in [0.15, 0.2) is 48.5 Å². The summed E-state index contributed by atoms with van der Waals surface area (Å²) in [4.78, 5) is 0. The Kier molecular flexibility index (Phi) is 7.36. The Morgan fingerprint density at radius 3 is 2.29 bits per heavy atom. The molecule has 5 heteroatoms. The van der Waals surface area contributed by atoms with E-state index in [0.717, 1.165) is 30.2 Å². The summed E-state index contributed by atoms with van der Waals surface area (Å²) < 4.78 is 11.2. The zero-order chi connectivity index (χ0) is 17.2. The minimum Gasteiger partial charge on any atom is -0.494 e. The molecule has 0 saturated heterocycles. The molecule has 0 aliphatic rings. The predicted octanol–water partition coefficient (Wildman–Crippen LogP) is 4.01. The second-order valence-electron chi connectivity index (χ2n) is 5.10. The highest BCUT2D eigenvalue weighted by Gasteiger charge is 2.05. The van der Waals surface area contributed by atoms with Gasteiger partial charge in [-0.15, -0.1) is 0 Å². The molecule has 128 valence electrons. The molecule has 0 atom stereocenters. The van der Waals surface area contributed by atoms with Gasteiger partial charge in [-0.1, -0.05) is 30.3 Å². The van der Waals surface area contributed by atoms with Crippen molar-refractivity contribution in [2.75, 3.05) is 25.1 Å². The molecule has 0 fully saturated rings. The maximum atomic E-state index is 5.64. The smallest absolute Gasteiger partial charge is 0.170 e. The first-order valence-electron chi connectivity index (χ1n) is 8.22. The van der Waals surface area contributed by atoms with E-state index >= 15 is 0 Å². The highest BCUT2D eigenvalue weighted by molar-refractivity contribution is 7.80. The maximum Gasteiger partial charge on any atom is 0.170 e. The topological polar surface area (TPSA) is 42.5 Å². The van der Waals surface area contributed by atoms with Crippen LogP contribution in [0.2, 0.25) is 0 Å². The van der Waals surface area contributed by atoms with E-state index in [4.69, 9.17) is 21.7 Å². The molecule has 0 radical (unpaired) electrons. The van der Waals surface area contributed by atoms with Crippen LogP contribution in [0.3, 0.4) is 0 Å². The van der Waals surface area contributed by atoms with E-state index in [9.17, 15) is 0 Å². The van der Waals surface area contributed by atoms with E-state index in [0.29, 0.717) is 18.3 Å². The minimum atomic E-state index is 0.580. The summed E-state index contributed by atoms with van der Waals surface area (Å²) in [5.74, 6) is 1.73. The van der Waals surface area contributed by atoms with Gasteiger partial charge in [-0.3, -0.25) is 0 Å². The third-order valence-electron chi connectivity index (χ3n) is 3.39. The quantitative estimate of drug-likeness (QED) is 0.708. The molecule has 2 N–H and O–H groups in total. The average molecular weight is 344 g/mol. The summed E-state index contributed by atoms with van der Waals surface area (Å²) in [7, 11) is 0. The first kappa shape index (κ1) is 18.1. The van der Waals surface area contributed by atoms with Gasteiger partial charge in [0.05, 0.1) is 18.9 Å². The van der Waals surface area contributed by atoms with Gasteiger partial charge in [0, 0.05) is 6.54 Å². The van der Waals surface area contributed by atoms with Gasteiger partial charge in [0.1, 0.15) is 11.5 Å². The predicted molar refractivity (Wildman–Crippen MR) is 103 cm³/mol. The van der Waals surface area contributed by atoms with Crippen LogP contribution >= 0.6 is 12.2 Å². The van der Waals surface area contributed by atoms with E-state index in [1.165, 1.54) is 5.56 Å². The van der Waals surface area contributed by atoms with E-state index < -0.39 is 0 Å². The molecule has 0 heterocycles. The molecular weight excluding hydrogens is 320 g/mol. The number of thiocarbonyl (C=S) groups is 1. The number of nitrogens with one attached hydrogen (secondary N) is 2. The molecule has 0 aliphatic heterocycles.